The van der Waals surface area contributed by atoms with Gasteiger partial charge in [-0.1, -0.05) is 23.7 Å². The molecule has 0 unspecified atom stereocenters. The standard InChI is InChI=1S/C10H6ClN5S/c11-10-13-9(5-17-10)7-2-1-3-8(4-7)16-6-12-14-15-16/h1-6H. The van der Waals surface area contributed by atoms with Gasteiger partial charge in [-0.3, -0.25) is 0 Å². The Morgan fingerprint density at radius 1 is 1.29 bits per heavy atom. The van der Waals surface area contributed by atoms with Crippen LogP contribution >= 0.6 is 22.9 Å². The first-order valence-electron chi connectivity index (χ1n) is 4.78. The van der Waals surface area contributed by atoms with E-state index in [9.17, 15) is 0 Å². The lowest BCUT2D eigenvalue weighted by Gasteiger charge is -2.01. The molecule has 7 heteroatoms. The number of thiazole rings is 1. The van der Waals surface area contributed by atoms with Crippen LogP contribution in [0.1, 0.15) is 0 Å². The summed E-state index contributed by atoms with van der Waals surface area (Å²) in [5.41, 5.74) is 2.73. The Kier molecular flexibility index (Phi) is 2.58. The zero-order valence-electron chi connectivity index (χ0n) is 8.49. The summed E-state index contributed by atoms with van der Waals surface area (Å²) in [5.74, 6) is 0. The molecular weight excluding hydrogens is 258 g/mol. The molecule has 0 saturated heterocycles. The van der Waals surface area contributed by atoms with E-state index in [1.807, 2.05) is 29.6 Å². The van der Waals surface area contributed by atoms with Crippen LogP contribution < -0.4 is 0 Å². The molecule has 0 aliphatic rings. The SMILES string of the molecule is Clc1nc(-c2cccc(-n3cnnn3)c2)cs1. The maximum absolute atomic E-state index is 5.82. The first-order chi connectivity index (χ1) is 8.33. The zero-order chi connectivity index (χ0) is 11.7. The molecular formula is C10H6ClN5S. The molecule has 5 nitrogen and oxygen atoms in total. The number of rotatable bonds is 2. The third kappa shape index (κ3) is 2.04. The number of tetrazole rings is 1. The van der Waals surface area contributed by atoms with Crippen molar-refractivity contribution in [2.75, 3.05) is 0 Å². The van der Waals surface area contributed by atoms with Crippen LogP contribution in [0.2, 0.25) is 4.47 Å². The van der Waals surface area contributed by atoms with E-state index in [4.69, 9.17) is 11.6 Å². The molecule has 0 aliphatic carbocycles. The molecule has 3 aromatic rings. The highest BCUT2D eigenvalue weighted by Gasteiger charge is 2.05. The Hall–Kier alpha value is -1.79. The van der Waals surface area contributed by atoms with E-state index in [0.29, 0.717) is 4.47 Å². The maximum Gasteiger partial charge on any atom is 0.184 e. The first-order valence-corrected chi connectivity index (χ1v) is 6.03. The lowest BCUT2D eigenvalue weighted by atomic mass is 10.1. The molecule has 0 spiro atoms. The van der Waals surface area contributed by atoms with Crippen LogP contribution in [0, 0.1) is 0 Å². The quantitative estimate of drug-likeness (QED) is 0.713. The van der Waals surface area contributed by atoms with Crippen LogP contribution in [0.5, 0.6) is 0 Å². The third-order valence-electron chi connectivity index (χ3n) is 2.23. The van der Waals surface area contributed by atoms with Crippen molar-refractivity contribution in [3.05, 3.63) is 40.4 Å². The van der Waals surface area contributed by atoms with Gasteiger partial charge in [0.15, 0.2) is 4.47 Å². The van der Waals surface area contributed by atoms with Gasteiger partial charge in [-0.05, 0) is 22.6 Å². The number of aromatic nitrogens is 5. The van der Waals surface area contributed by atoms with Crippen LogP contribution in [-0.4, -0.2) is 25.2 Å². The number of nitrogens with zero attached hydrogens (tertiary/aromatic N) is 5. The van der Waals surface area contributed by atoms with Gasteiger partial charge in [-0.2, -0.15) is 0 Å². The zero-order valence-corrected chi connectivity index (χ0v) is 10.1. The van der Waals surface area contributed by atoms with Crippen LogP contribution in [0.25, 0.3) is 16.9 Å². The molecule has 2 aromatic heterocycles. The predicted octanol–water partition coefficient (Wildman–Crippen LogP) is 2.44. The van der Waals surface area contributed by atoms with Gasteiger partial charge in [0.25, 0.3) is 0 Å². The summed E-state index contributed by atoms with van der Waals surface area (Å²) in [6.45, 7) is 0. The van der Waals surface area contributed by atoms with E-state index < -0.39 is 0 Å². The minimum Gasteiger partial charge on any atom is -0.225 e. The lowest BCUT2D eigenvalue weighted by Crippen LogP contribution is -1.95. The summed E-state index contributed by atoms with van der Waals surface area (Å²) in [6.07, 6.45) is 1.55. The third-order valence-corrected chi connectivity index (χ3v) is 3.21. The number of halogens is 1. The van der Waals surface area contributed by atoms with Crippen molar-refractivity contribution in [1.29, 1.82) is 0 Å². The Labute approximate surface area is 106 Å². The molecule has 0 atom stereocenters. The Morgan fingerprint density at radius 3 is 2.94 bits per heavy atom. The fraction of sp³-hybridized carbons (Fsp3) is 0. The molecule has 17 heavy (non-hydrogen) atoms. The second kappa shape index (κ2) is 4.23. The van der Waals surface area contributed by atoms with Crippen molar-refractivity contribution >= 4 is 22.9 Å². The van der Waals surface area contributed by atoms with E-state index in [-0.39, 0.29) is 0 Å². The molecule has 0 bridgehead atoms. The summed E-state index contributed by atoms with van der Waals surface area (Å²) in [6, 6.07) is 7.79. The minimum absolute atomic E-state index is 0.535. The van der Waals surface area contributed by atoms with E-state index in [0.717, 1.165) is 16.9 Å². The molecule has 0 fully saturated rings. The highest BCUT2D eigenvalue weighted by molar-refractivity contribution is 7.14. The van der Waals surface area contributed by atoms with E-state index >= 15 is 0 Å². The van der Waals surface area contributed by atoms with Crippen molar-refractivity contribution in [2.24, 2.45) is 0 Å². The fourth-order valence-corrected chi connectivity index (χ4v) is 2.25. The van der Waals surface area contributed by atoms with E-state index in [1.54, 1.807) is 11.0 Å². The monoisotopic (exact) mass is 263 g/mol. The summed E-state index contributed by atoms with van der Waals surface area (Å²) in [5, 5.41) is 13.0. The topological polar surface area (TPSA) is 56.5 Å². The highest BCUT2D eigenvalue weighted by Crippen LogP contribution is 2.25. The molecule has 0 N–H and O–H groups in total. The van der Waals surface area contributed by atoms with E-state index in [2.05, 4.69) is 20.5 Å². The molecule has 1 aromatic carbocycles. The predicted molar refractivity (Wildman–Crippen MR) is 65.3 cm³/mol. The molecule has 0 amide bonds. The molecule has 84 valence electrons. The van der Waals surface area contributed by atoms with Gasteiger partial charge in [-0.15, -0.1) is 16.4 Å². The maximum atomic E-state index is 5.82. The summed E-state index contributed by atoms with van der Waals surface area (Å²) in [4.78, 5) is 4.23. The van der Waals surface area contributed by atoms with Gasteiger partial charge in [0, 0.05) is 10.9 Å². The minimum atomic E-state index is 0.535. The fourth-order valence-electron chi connectivity index (χ4n) is 1.47. The van der Waals surface area contributed by atoms with Gasteiger partial charge in [0.05, 0.1) is 11.4 Å². The summed E-state index contributed by atoms with van der Waals surface area (Å²) in [7, 11) is 0. The largest absolute Gasteiger partial charge is 0.225 e. The normalized spacial score (nSPS) is 10.6. The average molecular weight is 264 g/mol. The van der Waals surface area contributed by atoms with Crippen molar-refractivity contribution in [1.82, 2.24) is 25.2 Å². The molecule has 2 heterocycles. The van der Waals surface area contributed by atoms with Crippen molar-refractivity contribution in [3.63, 3.8) is 0 Å². The van der Waals surface area contributed by atoms with Gasteiger partial charge in [-0.25, -0.2) is 9.67 Å². The second-order valence-corrected chi connectivity index (χ2v) is 4.73. The number of hydrogen-bond donors (Lipinski definition) is 0. The van der Waals surface area contributed by atoms with Crippen LogP contribution in [0.3, 0.4) is 0 Å². The van der Waals surface area contributed by atoms with Crippen molar-refractivity contribution in [2.45, 2.75) is 0 Å². The molecule has 3 rings (SSSR count). The molecule has 0 radical (unpaired) electrons. The van der Waals surface area contributed by atoms with Gasteiger partial charge in [0.1, 0.15) is 6.33 Å². The van der Waals surface area contributed by atoms with Crippen LogP contribution in [-0.2, 0) is 0 Å². The van der Waals surface area contributed by atoms with Gasteiger partial charge >= 0.3 is 0 Å². The number of benzene rings is 1. The lowest BCUT2D eigenvalue weighted by molar-refractivity contribution is 0.789. The van der Waals surface area contributed by atoms with Crippen molar-refractivity contribution < 1.29 is 0 Å². The number of hydrogen-bond acceptors (Lipinski definition) is 5. The Bertz CT molecular complexity index is 634. The average Bonchev–Trinajstić information content (AvgIpc) is 3.00. The Morgan fingerprint density at radius 2 is 2.24 bits per heavy atom. The van der Waals surface area contributed by atoms with Gasteiger partial charge in [0.2, 0.25) is 0 Å². The van der Waals surface area contributed by atoms with Gasteiger partial charge < -0.3 is 0 Å². The summed E-state index contributed by atoms with van der Waals surface area (Å²) < 4.78 is 2.13. The Balaban J connectivity index is 2.05. The highest BCUT2D eigenvalue weighted by atomic mass is 35.5. The van der Waals surface area contributed by atoms with E-state index in [1.165, 1.54) is 11.3 Å². The first kappa shape index (κ1) is 10.4. The molecule has 0 aliphatic heterocycles. The van der Waals surface area contributed by atoms with Crippen LogP contribution in [0.15, 0.2) is 36.0 Å². The molecule has 0 saturated carbocycles. The second-order valence-electron chi connectivity index (χ2n) is 3.29. The van der Waals surface area contributed by atoms with Crippen molar-refractivity contribution in [3.8, 4) is 16.9 Å². The summed E-state index contributed by atoms with van der Waals surface area (Å²) >= 11 is 7.23. The van der Waals surface area contributed by atoms with Crippen LogP contribution in [0.4, 0.5) is 0 Å². The smallest absolute Gasteiger partial charge is 0.184 e.